The predicted octanol–water partition coefficient (Wildman–Crippen LogP) is 4.10. The first-order chi connectivity index (χ1) is 14.8. The molecule has 7 nitrogen and oxygen atoms in total. The van der Waals surface area contributed by atoms with Crippen LogP contribution in [0.5, 0.6) is 0 Å². The molecule has 0 unspecified atom stereocenters. The predicted molar refractivity (Wildman–Crippen MR) is 122 cm³/mol. The molecule has 0 aromatic heterocycles. The molecule has 0 atom stereocenters. The molecule has 8 heteroatoms. The van der Waals surface area contributed by atoms with Gasteiger partial charge in [0.05, 0.1) is 10.5 Å². The topological polar surface area (TPSA) is 95.6 Å². The molecule has 2 aromatic carbocycles. The molecule has 166 valence electrons. The van der Waals surface area contributed by atoms with Crippen molar-refractivity contribution in [3.8, 4) is 0 Å². The summed E-state index contributed by atoms with van der Waals surface area (Å²) >= 11 is 0. The first-order valence-electron chi connectivity index (χ1n) is 10.6. The monoisotopic (exact) mass is 443 g/mol. The van der Waals surface area contributed by atoms with Crippen molar-refractivity contribution in [1.29, 1.82) is 0 Å². The standard InChI is InChI=1S/C23H29N3O4S/c1-17(2)16-22(27)24-18-10-12-19(13-11-18)25-23(28)20-8-4-5-9-21(20)31(29,30)26-14-6-3-7-15-26/h4-5,8-13,17H,3,6-7,14-16H2,1-2H3,(H,24,27)(H,25,28). The summed E-state index contributed by atoms with van der Waals surface area (Å²) in [4.78, 5) is 24.8. The number of rotatable bonds is 7. The zero-order valence-electron chi connectivity index (χ0n) is 17.9. The number of hydrogen-bond donors (Lipinski definition) is 2. The molecule has 2 aromatic rings. The Labute approximate surface area is 183 Å². The molecule has 0 spiro atoms. The fraction of sp³-hybridized carbons (Fsp3) is 0.391. The van der Waals surface area contributed by atoms with Crippen LogP contribution in [0.1, 0.15) is 49.9 Å². The van der Waals surface area contributed by atoms with Crippen molar-refractivity contribution in [2.45, 2.75) is 44.4 Å². The smallest absolute Gasteiger partial charge is 0.257 e. The number of anilines is 2. The number of nitrogens with zero attached hydrogens (tertiary/aromatic N) is 1. The van der Waals surface area contributed by atoms with Gasteiger partial charge in [0, 0.05) is 30.9 Å². The normalized spacial score (nSPS) is 14.9. The van der Waals surface area contributed by atoms with Crippen molar-refractivity contribution in [1.82, 2.24) is 4.31 Å². The molecule has 1 aliphatic rings. The van der Waals surface area contributed by atoms with Crippen LogP contribution in [0.3, 0.4) is 0 Å². The van der Waals surface area contributed by atoms with E-state index in [-0.39, 0.29) is 22.3 Å². The molecule has 2 N–H and O–H groups in total. The number of carbonyl (C=O) groups is 2. The summed E-state index contributed by atoms with van der Waals surface area (Å²) in [5, 5.41) is 5.57. The highest BCUT2D eigenvalue weighted by Gasteiger charge is 2.29. The second kappa shape index (κ2) is 10.1. The van der Waals surface area contributed by atoms with E-state index >= 15 is 0 Å². The zero-order chi connectivity index (χ0) is 22.4. The average molecular weight is 444 g/mol. The van der Waals surface area contributed by atoms with Gasteiger partial charge in [0.15, 0.2) is 0 Å². The van der Waals surface area contributed by atoms with Crippen molar-refractivity contribution in [3.63, 3.8) is 0 Å². The van der Waals surface area contributed by atoms with Gasteiger partial charge in [0.25, 0.3) is 5.91 Å². The van der Waals surface area contributed by atoms with Crippen molar-refractivity contribution in [3.05, 3.63) is 54.1 Å². The molecule has 1 fully saturated rings. The number of amides is 2. The van der Waals surface area contributed by atoms with Gasteiger partial charge in [-0.25, -0.2) is 8.42 Å². The third-order valence-electron chi connectivity index (χ3n) is 5.08. The largest absolute Gasteiger partial charge is 0.326 e. The fourth-order valence-electron chi connectivity index (χ4n) is 3.54. The molecule has 3 rings (SSSR count). The van der Waals surface area contributed by atoms with E-state index in [1.54, 1.807) is 36.4 Å². The summed E-state index contributed by atoms with van der Waals surface area (Å²) in [7, 11) is -3.74. The quantitative estimate of drug-likeness (QED) is 0.673. The Bertz CT molecular complexity index is 1030. The van der Waals surface area contributed by atoms with Crippen LogP contribution in [-0.4, -0.2) is 37.6 Å². The number of piperidine rings is 1. The van der Waals surface area contributed by atoms with Crippen LogP contribution in [0.15, 0.2) is 53.4 Å². The fourth-order valence-corrected chi connectivity index (χ4v) is 5.25. The highest BCUT2D eigenvalue weighted by molar-refractivity contribution is 7.89. The Morgan fingerprint density at radius 2 is 1.48 bits per heavy atom. The average Bonchev–Trinajstić information content (AvgIpc) is 2.75. The minimum atomic E-state index is -3.74. The van der Waals surface area contributed by atoms with Crippen molar-refractivity contribution in [2.24, 2.45) is 5.92 Å². The Kier molecular flexibility index (Phi) is 7.46. The summed E-state index contributed by atoms with van der Waals surface area (Å²) in [5.74, 6) is -0.295. The molecule has 0 aliphatic carbocycles. The number of benzene rings is 2. The Morgan fingerprint density at radius 1 is 0.903 bits per heavy atom. The Morgan fingerprint density at radius 3 is 2.10 bits per heavy atom. The Hall–Kier alpha value is -2.71. The van der Waals surface area contributed by atoms with E-state index in [9.17, 15) is 18.0 Å². The Balaban J connectivity index is 1.73. The lowest BCUT2D eigenvalue weighted by molar-refractivity contribution is -0.116. The maximum atomic E-state index is 13.1. The van der Waals surface area contributed by atoms with E-state index < -0.39 is 15.9 Å². The molecule has 0 saturated carbocycles. The minimum Gasteiger partial charge on any atom is -0.326 e. The second-order valence-corrected chi connectivity index (χ2v) is 10.0. The first-order valence-corrected chi connectivity index (χ1v) is 12.0. The van der Waals surface area contributed by atoms with Gasteiger partial charge in [-0.1, -0.05) is 32.4 Å². The van der Waals surface area contributed by atoms with Crippen LogP contribution in [0, 0.1) is 5.92 Å². The van der Waals surface area contributed by atoms with E-state index in [1.165, 1.54) is 16.4 Å². The van der Waals surface area contributed by atoms with Gasteiger partial charge in [-0.3, -0.25) is 9.59 Å². The van der Waals surface area contributed by atoms with E-state index in [2.05, 4.69) is 10.6 Å². The molecule has 0 bridgehead atoms. The lowest BCUT2D eigenvalue weighted by atomic mass is 10.1. The van der Waals surface area contributed by atoms with Gasteiger partial charge in [-0.05, 0) is 55.2 Å². The van der Waals surface area contributed by atoms with Crippen LogP contribution in [-0.2, 0) is 14.8 Å². The maximum Gasteiger partial charge on any atom is 0.257 e. The molecular weight excluding hydrogens is 414 g/mol. The van der Waals surface area contributed by atoms with Crippen LogP contribution < -0.4 is 10.6 Å². The summed E-state index contributed by atoms with van der Waals surface area (Å²) in [6.07, 6.45) is 3.10. The summed E-state index contributed by atoms with van der Waals surface area (Å²) in [5.41, 5.74) is 1.26. The van der Waals surface area contributed by atoms with Crippen LogP contribution in [0.4, 0.5) is 11.4 Å². The minimum absolute atomic E-state index is 0.0203. The van der Waals surface area contributed by atoms with E-state index in [4.69, 9.17) is 0 Å². The molecule has 0 radical (unpaired) electrons. The summed E-state index contributed by atoms with van der Waals surface area (Å²) in [6, 6.07) is 13.0. The van der Waals surface area contributed by atoms with Crippen molar-refractivity contribution in [2.75, 3.05) is 23.7 Å². The summed E-state index contributed by atoms with van der Waals surface area (Å²) in [6.45, 7) is 4.90. The van der Waals surface area contributed by atoms with E-state index in [0.717, 1.165) is 19.3 Å². The summed E-state index contributed by atoms with van der Waals surface area (Å²) < 4.78 is 27.6. The number of nitrogens with one attached hydrogen (secondary N) is 2. The lowest BCUT2D eigenvalue weighted by Gasteiger charge is -2.26. The lowest BCUT2D eigenvalue weighted by Crippen LogP contribution is -2.36. The SMILES string of the molecule is CC(C)CC(=O)Nc1ccc(NC(=O)c2ccccc2S(=O)(=O)N2CCCCC2)cc1. The highest BCUT2D eigenvalue weighted by Crippen LogP contribution is 2.24. The van der Waals surface area contributed by atoms with Crippen LogP contribution in [0.2, 0.25) is 0 Å². The molecule has 1 heterocycles. The van der Waals surface area contributed by atoms with Crippen LogP contribution in [0.25, 0.3) is 0 Å². The van der Waals surface area contributed by atoms with Crippen molar-refractivity contribution >= 4 is 33.2 Å². The van der Waals surface area contributed by atoms with Gasteiger partial charge in [0.1, 0.15) is 0 Å². The van der Waals surface area contributed by atoms with Crippen molar-refractivity contribution < 1.29 is 18.0 Å². The van der Waals surface area contributed by atoms with Gasteiger partial charge >= 0.3 is 0 Å². The van der Waals surface area contributed by atoms with Gasteiger partial charge in [-0.15, -0.1) is 0 Å². The van der Waals surface area contributed by atoms with Gasteiger partial charge in [-0.2, -0.15) is 4.31 Å². The van der Waals surface area contributed by atoms with E-state index in [0.29, 0.717) is 30.9 Å². The molecule has 1 aliphatic heterocycles. The van der Waals surface area contributed by atoms with Gasteiger partial charge in [0.2, 0.25) is 15.9 Å². The van der Waals surface area contributed by atoms with E-state index in [1.807, 2.05) is 13.8 Å². The number of hydrogen-bond acceptors (Lipinski definition) is 4. The third kappa shape index (κ3) is 5.92. The molecular formula is C23H29N3O4S. The molecule has 2 amide bonds. The maximum absolute atomic E-state index is 13.1. The molecule has 31 heavy (non-hydrogen) atoms. The number of sulfonamides is 1. The second-order valence-electron chi connectivity index (χ2n) is 8.14. The highest BCUT2D eigenvalue weighted by atomic mass is 32.2. The third-order valence-corrected chi connectivity index (χ3v) is 7.04. The number of carbonyl (C=O) groups excluding carboxylic acids is 2. The first kappa shape index (κ1) is 23.0. The van der Waals surface area contributed by atoms with Crippen LogP contribution >= 0.6 is 0 Å². The van der Waals surface area contributed by atoms with Gasteiger partial charge < -0.3 is 10.6 Å². The molecule has 1 saturated heterocycles. The zero-order valence-corrected chi connectivity index (χ0v) is 18.7.